The van der Waals surface area contributed by atoms with Crippen LogP contribution in [0.4, 0.5) is 8.78 Å². The summed E-state index contributed by atoms with van der Waals surface area (Å²) in [5, 5.41) is 16.1. The fourth-order valence-electron chi connectivity index (χ4n) is 2.24. The number of nitrogens with one attached hydrogen (secondary N) is 1. The third-order valence-electron chi connectivity index (χ3n) is 3.50. The zero-order valence-corrected chi connectivity index (χ0v) is 12.2. The molecular weight excluding hydrogens is 274 g/mol. The Kier molecular flexibility index (Phi) is 4.34. The van der Waals surface area contributed by atoms with Crippen LogP contribution in [-0.2, 0) is 20.1 Å². The van der Waals surface area contributed by atoms with Gasteiger partial charge < -0.3 is 5.32 Å². The molecule has 0 aliphatic heterocycles. The molecule has 1 N–H and O–H groups in total. The number of nitriles is 1. The van der Waals surface area contributed by atoms with Gasteiger partial charge in [-0.2, -0.15) is 10.4 Å². The highest BCUT2D eigenvalue weighted by molar-refractivity contribution is 5.35. The molecule has 2 aromatic rings. The number of benzene rings is 1. The van der Waals surface area contributed by atoms with E-state index < -0.39 is 17.2 Å². The first-order chi connectivity index (χ1) is 9.93. The Morgan fingerprint density at radius 2 is 1.86 bits per heavy atom. The Labute approximate surface area is 122 Å². The van der Waals surface area contributed by atoms with Crippen LogP contribution in [0.2, 0.25) is 0 Å². The van der Waals surface area contributed by atoms with E-state index >= 15 is 0 Å². The molecule has 2 rings (SSSR count). The predicted octanol–water partition coefficient (Wildman–Crippen LogP) is 2.48. The van der Waals surface area contributed by atoms with Crippen molar-refractivity contribution in [3.05, 3.63) is 51.8 Å². The molecule has 0 spiro atoms. The van der Waals surface area contributed by atoms with Crippen molar-refractivity contribution >= 4 is 0 Å². The first-order valence-corrected chi connectivity index (χ1v) is 6.51. The average molecular weight is 290 g/mol. The second-order valence-electron chi connectivity index (χ2n) is 4.92. The lowest BCUT2D eigenvalue weighted by Gasteiger charge is -2.07. The van der Waals surface area contributed by atoms with E-state index in [0.717, 1.165) is 17.0 Å². The minimum Gasteiger partial charge on any atom is -0.308 e. The second kappa shape index (κ2) is 6.02. The largest absolute Gasteiger partial charge is 0.308 e. The van der Waals surface area contributed by atoms with E-state index in [4.69, 9.17) is 5.26 Å². The van der Waals surface area contributed by atoms with Crippen molar-refractivity contribution in [3.8, 4) is 6.07 Å². The van der Waals surface area contributed by atoms with Gasteiger partial charge in [0.2, 0.25) is 0 Å². The lowest BCUT2D eigenvalue weighted by molar-refractivity contribution is 0.569. The summed E-state index contributed by atoms with van der Waals surface area (Å²) in [6.07, 6.45) is 0. The van der Waals surface area contributed by atoms with E-state index in [-0.39, 0.29) is 0 Å². The third-order valence-corrected chi connectivity index (χ3v) is 3.50. The lowest BCUT2D eigenvalue weighted by atomic mass is 10.1. The van der Waals surface area contributed by atoms with Gasteiger partial charge in [0.1, 0.15) is 23.3 Å². The number of hydrogen-bond acceptors (Lipinski definition) is 3. The minimum atomic E-state index is -0.831. The summed E-state index contributed by atoms with van der Waals surface area (Å²) >= 11 is 0. The Balaban J connectivity index is 2.06. The summed E-state index contributed by atoms with van der Waals surface area (Å²) in [7, 11) is 1.87. The van der Waals surface area contributed by atoms with Crippen molar-refractivity contribution in [2.24, 2.45) is 7.05 Å². The molecule has 110 valence electrons. The number of hydrogen-bond donors (Lipinski definition) is 1. The number of aromatic nitrogens is 2. The predicted molar refractivity (Wildman–Crippen MR) is 74.3 cm³/mol. The summed E-state index contributed by atoms with van der Waals surface area (Å²) in [5.41, 5.74) is 2.98. The Morgan fingerprint density at radius 1 is 1.24 bits per heavy atom. The highest BCUT2D eigenvalue weighted by Gasteiger charge is 2.11. The van der Waals surface area contributed by atoms with E-state index in [2.05, 4.69) is 10.4 Å². The first kappa shape index (κ1) is 15.1. The van der Waals surface area contributed by atoms with E-state index in [1.165, 1.54) is 18.2 Å². The summed E-state index contributed by atoms with van der Waals surface area (Å²) in [6, 6.07) is 3.87. The maximum absolute atomic E-state index is 13.5. The van der Waals surface area contributed by atoms with Gasteiger partial charge in [-0.05, 0) is 31.5 Å². The Morgan fingerprint density at radius 3 is 2.33 bits per heavy atom. The molecule has 1 heterocycles. The normalized spacial score (nSPS) is 10.7. The molecule has 21 heavy (non-hydrogen) atoms. The van der Waals surface area contributed by atoms with Gasteiger partial charge in [0, 0.05) is 31.4 Å². The molecule has 0 bridgehead atoms. The zero-order valence-electron chi connectivity index (χ0n) is 12.2. The van der Waals surface area contributed by atoms with Gasteiger partial charge >= 0.3 is 0 Å². The first-order valence-electron chi connectivity index (χ1n) is 6.51. The number of rotatable bonds is 4. The molecule has 0 amide bonds. The molecule has 0 aliphatic carbocycles. The van der Waals surface area contributed by atoms with Crippen LogP contribution >= 0.6 is 0 Å². The number of aryl methyl sites for hydroxylation is 2. The molecule has 6 heteroatoms. The quantitative estimate of drug-likeness (QED) is 0.941. The number of nitrogens with zero attached hydrogens (tertiary/aromatic N) is 3. The molecule has 0 unspecified atom stereocenters. The van der Waals surface area contributed by atoms with E-state index in [9.17, 15) is 8.78 Å². The van der Waals surface area contributed by atoms with Crippen molar-refractivity contribution in [1.82, 2.24) is 15.1 Å². The van der Waals surface area contributed by atoms with Crippen molar-refractivity contribution in [2.45, 2.75) is 26.9 Å². The van der Waals surface area contributed by atoms with Gasteiger partial charge in [-0.15, -0.1) is 0 Å². The van der Waals surface area contributed by atoms with Gasteiger partial charge in [0.05, 0.1) is 5.69 Å². The Hall–Kier alpha value is -2.26. The van der Waals surface area contributed by atoms with Crippen LogP contribution in [0.15, 0.2) is 12.1 Å². The highest BCUT2D eigenvalue weighted by Crippen LogP contribution is 2.15. The molecular formula is C15H16F2N4. The SMILES string of the molecule is Cc1nn(C)c(C)c1CNCc1cc(F)c(C#N)c(F)c1. The van der Waals surface area contributed by atoms with Crippen LogP contribution in [0.5, 0.6) is 0 Å². The Bertz CT molecular complexity index is 690. The maximum atomic E-state index is 13.5. The molecule has 4 nitrogen and oxygen atoms in total. The smallest absolute Gasteiger partial charge is 0.144 e. The topological polar surface area (TPSA) is 53.6 Å². The summed E-state index contributed by atoms with van der Waals surface area (Å²) in [6.45, 7) is 4.77. The van der Waals surface area contributed by atoms with Crippen LogP contribution in [0.1, 0.15) is 28.1 Å². The van der Waals surface area contributed by atoms with Crippen LogP contribution in [0.3, 0.4) is 0 Å². The van der Waals surface area contributed by atoms with E-state index in [0.29, 0.717) is 18.7 Å². The van der Waals surface area contributed by atoms with Gasteiger partial charge in [0.25, 0.3) is 0 Å². The van der Waals surface area contributed by atoms with Gasteiger partial charge in [-0.1, -0.05) is 0 Å². The summed E-state index contributed by atoms with van der Waals surface area (Å²) in [5.74, 6) is -1.66. The van der Waals surface area contributed by atoms with Gasteiger partial charge in [-0.3, -0.25) is 4.68 Å². The summed E-state index contributed by atoms with van der Waals surface area (Å²) < 4.78 is 28.8. The van der Waals surface area contributed by atoms with Crippen molar-refractivity contribution < 1.29 is 8.78 Å². The fraction of sp³-hybridized carbons (Fsp3) is 0.333. The van der Waals surface area contributed by atoms with Crippen molar-refractivity contribution in [3.63, 3.8) is 0 Å². The van der Waals surface area contributed by atoms with Gasteiger partial charge in [0.15, 0.2) is 0 Å². The third kappa shape index (κ3) is 3.09. The highest BCUT2D eigenvalue weighted by atomic mass is 19.1. The molecule has 0 saturated carbocycles. The molecule has 0 aliphatic rings. The molecule has 0 atom stereocenters. The number of halogens is 2. The van der Waals surface area contributed by atoms with Crippen molar-refractivity contribution in [1.29, 1.82) is 5.26 Å². The molecule has 0 saturated heterocycles. The molecule has 0 radical (unpaired) electrons. The molecule has 0 fully saturated rings. The van der Waals surface area contributed by atoms with Crippen LogP contribution in [0.25, 0.3) is 0 Å². The van der Waals surface area contributed by atoms with Crippen molar-refractivity contribution in [2.75, 3.05) is 0 Å². The van der Waals surface area contributed by atoms with E-state index in [1.807, 2.05) is 20.9 Å². The lowest BCUT2D eigenvalue weighted by Crippen LogP contribution is -2.14. The standard InChI is InChI=1S/C15H16F2N4/c1-9-13(10(2)21(3)20-9)8-19-7-11-4-14(16)12(6-18)15(17)5-11/h4-5,19H,7-8H2,1-3H3. The zero-order chi connectivity index (χ0) is 15.6. The molecule has 1 aromatic heterocycles. The average Bonchev–Trinajstić information content (AvgIpc) is 2.65. The van der Waals surface area contributed by atoms with Crippen LogP contribution < -0.4 is 5.32 Å². The monoisotopic (exact) mass is 290 g/mol. The van der Waals surface area contributed by atoms with Crippen LogP contribution in [0, 0.1) is 36.8 Å². The van der Waals surface area contributed by atoms with E-state index in [1.54, 1.807) is 4.68 Å². The fourth-order valence-corrected chi connectivity index (χ4v) is 2.24. The van der Waals surface area contributed by atoms with Gasteiger partial charge in [-0.25, -0.2) is 8.78 Å². The molecule has 1 aromatic carbocycles. The minimum absolute atomic E-state index is 0.313. The maximum Gasteiger partial charge on any atom is 0.144 e. The summed E-state index contributed by atoms with van der Waals surface area (Å²) in [4.78, 5) is 0. The van der Waals surface area contributed by atoms with Crippen LogP contribution in [-0.4, -0.2) is 9.78 Å². The second-order valence-corrected chi connectivity index (χ2v) is 4.92.